The highest BCUT2D eigenvalue weighted by molar-refractivity contribution is 7.17. The average molecular weight is 417 g/mol. The van der Waals surface area contributed by atoms with Crippen molar-refractivity contribution in [2.45, 2.75) is 40.0 Å². The fourth-order valence-electron chi connectivity index (χ4n) is 3.79. The number of benzene rings is 1. The predicted molar refractivity (Wildman–Crippen MR) is 115 cm³/mol. The number of amides is 2. The standard InChI is InChI=1S/C22H28N2O4S/c1-22(2,3)13-6-7-16-17(10-13)29-21(18(16)19(23)25)24-20(26)12-8-14(27-4)11-15(9-12)28-5/h8-9,11,13H,6-7,10H2,1-5H3,(H2,23,25)(H,24,26). The van der Waals surface area contributed by atoms with Crippen LogP contribution in [0.2, 0.25) is 0 Å². The first-order valence-electron chi connectivity index (χ1n) is 9.62. The van der Waals surface area contributed by atoms with Gasteiger partial charge in [-0.2, -0.15) is 0 Å². The highest BCUT2D eigenvalue weighted by Crippen LogP contribution is 2.44. The Bertz CT molecular complexity index is 921. The second-order valence-electron chi connectivity index (χ2n) is 8.43. The molecule has 0 fully saturated rings. The van der Waals surface area contributed by atoms with Gasteiger partial charge in [0.15, 0.2) is 0 Å². The molecular formula is C22H28N2O4S. The second kappa shape index (κ2) is 8.06. The van der Waals surface area contributed by atoms with Crippen LogP contribution in [0.25, 0.3) is 0 Å². The van der Waals surface area contributed by atoms with E-state index in [9.17, 15) is 9.59 Å². The molecule has 156 valence electrons. The van der Waals surface area contributed by atoms with E-state index in [-0.39, 0.29) is 11.3 Å². The lowest BCUT2D eigenvalue weighted by Crippen LogP contribution is -2.27. The van der Waals surface area contributed by atoms with Crippen LogP contribution >= 0.6 is 11.3 Å². The van der Waals surface area contributed by atoms with E-state index in [1.807, 2.05) is 0 Å². The summed E-state index contributed by atoms with van der Waals surface area (Å²) in [5.41, 5.74) is 7.69. The first kappa shape index (κ1) is 21.2. The smallest absolute Gasteiger partial charge is 0.256 e. The molecule has 1 unspecified atom stereocenters. The number of hydrogen-bond acceptors (Lipinski definition) is 5. The van der Waals surface area contributed by atoms with Crippen LogP contribution in [0.1, 0.15) is 58.3 Å². The van der Waals surface area contributed by atoms with Crippen molar-refractivity contribution in [3.8, 4) is 11.5 Å². The Morgan fingerprint density at radius 2 is 1.76 bits per heavy atom. The zero-order valence-electron chi connectivity index (χ0n) is 17.5. The molecule has 1 aliphatic carbocycles. The van der Waals surface area contributed by atoms with Gasteiger partial charge in [0.1, 0.15) is 16.5 Å². The summed E-state index contributed by atoms with van der Waals surface area (Å²) in [5.74, 6) is 0.720. The largest absolute Gasteiger partial charge is 0.497 e. The first-order chi connectivity index (χ1) is 13.6. The number of hydrogen-bond donors (Lipinski definition) is 2. The summed E-state index contributed by atoms with van der Waals surface area (Å²) < 4.78 is 10.5. The van der Waals surface area contributed by atoms with Gasteiger partial charge in [-0.05, 0) is 48.3 Å². The molecule has 29 heavy (non-hydrogen) atoms. The molecule has 7 heteroatoms. The molecule has 0 radical (unpaired) electrons. The first-order valence-corrected chi connectivity index (χ1v) is 10.4. The van der Waals surface area contributed by atoms with Crippen LogP contribution in [0.4, 0.5) is 5.00 Å². The lowest BCUT2D eigenvalue weighted by Gasteiger charge is -2.33. The number of carbonyl (C=O) groups excluding carboxylic acids is 2. The summed E-state index contributed by atoms with van der Waals surface area (Å²) >= 11 is 1.46. The summed E-state index contributed by atoms with van der Waals surface area (Å²) in [6, 6.07) is 4.96. The lowest BCUT2D eigenvalue weighted by molar-refractivity contribution is 0.1000. The number of nitrogens with one attached hydrogen (secondary N) is 1. The van der Waals surface area contributed by atoms with Gasteiger partial charge in [-0.15, -0.1) is 11.3 Å². The van der Waals surface area contributed by atoms with Gasteiger partial charge >= 0.3 is 0 Å². The van der Waals surface area contributed by atoms with Crippen molar-refractivity contribution < 1.29 is 19.1 Å². The molecule has 3 N–H and O–H groups in total. The van der Waals surface area contributed by atoms with Gasteiger partial charge in [0.2, 0.25) is 0 Å². The molecular weight excluding hydrogens is 388 g/mol. The van der Waals surface area contributed by atoms with E-state index in [1.165, 1.54) is 25.6 Å². The van der Waals surface area contributed by atoms with E-state index in [2.05, 4.69) is 26.1 Å². The summed E-state index contributed by atoms with van der Waals surface area (Å²) in [5, 5.41) is 3.41. The Kier molecular flexibility index (Phi) is 5.89. The maximum atomic E-state index is 12.9. The van der Waals surface area contributed by atoms with Crippen molar-refractivity contribution in [1.82, 2.24) is 0 Å². The van der Waals surface area contributed by atoms with Crippen LogP contribution in [0.15, 0.2) is 18.2 Å². The molecule has 1 heterocycles. The van der Waals surface area contributed by atoms with Gasteiger partial charge in [0.25, 0.3) is 11.8 Å². The molecule has 3 rings (SSSR count). The number of carbonyl (C=O) groups is 2. The van der Waals surface area contributed by atoms with Crippen LogP contribution < -0.4 is 20.5 Å². The van der Waals surface area contributed by atoms with Crippen molar-refractivity contribution in [3.05, 3.63) is 39.8 Å². The molecule has 0 aliphatic heterocycles. The molecule has 1 aliphatic rings. The fraction of sp³-hybridized carbons (Fsp3) is 0.455. The van der Waals surface area contributed by atoms with Gasteiger partial charge in [0, 0.05) is 16.5 Å². The quantitative estimate of drug-likeness (QED) is 0.762. The van der Waals surface area contributed by atoms with Crippen LogP contribution in [-0.4, -0.2) is 26.0 Å². The molecule has 0 saturated carbocycles. The number of nitrogens with two attached hydrogens (primary N) is 1. The monoisotopic (exact) mass is 416 g/mol. The molecule has 1 atom stereocenters. The predicted octanol–water partition coefficient (Wildman–Crippen LogP) is 4.27. The van der Waals surface area contributed by atoms with Crippen molar-refractivity contribution in [2.75, 3.05) is 19.5 Å². The third-order valence-corrected chi connectivity index (χ3v) is 6.75. The Morgan fingerprint density at radius 3 is 2.28 bits per heavy atom. The van der Waals surface area contributed by atoms with Crippen LogP contribution in [-0.2, 0) is 12.8 Å². The van der Waals surface area contributed by atoms with E-state index < -0.39 is 5.91 Å². The van der Waals surface area contributed by atoms with E-state index in [1.54, 1.807) is 18.2 Å². The minimum atomic E-state index is -0.504. The van der Waals surface area contributed by atoms with Crippen molar-refractivity contribution in [2.24, 2.45) is 17.1 Å². The number of fused-ring (bicyclic) bond motifs is 1. The summed E-state index contributed by atoms with van der Waals surface area (Å²) in [6.45, 7) is 6.72. The number of thiophene rings is 1. The fourth-order valence-corrected chi connectivity index (χ4v) is 5.12. The molecule has 1 aromatic heterocycles. The Balaban J connectivity index is 1.93. The molecule has 0 spiro atoms. The summed E-state index contributed by atoms with van der Waals surface area (Å²) in [6.07, 6.45) is 2.70. The SMILES string of the molecule is COc1cc(OC)cc(C(=O)Nc2sc3c(c2C(N)=O)CCC(C(C)(C)C)C3)c1. The maximum absolute atomic E-state index is 12.9. The van der Waals surface area contributed by atoms with E-state index in [0.29, 0.717) is 33.5 Å². The lowest BCUT2D eigenvalue weighted by atomic mass is 9.72. The molecule has 1 aromatic carbocycles. The van der Waals surface area contributed by atoms with Gasteiger partial charge in [-0.25, -0.2) is 0 Å². The summed E-state index contributed by atoms with van der Waals surface area (Å²) in [7, 11) is 3.06. The van der Waals surface area contributed by atoms with Crippen LogP contribution in [0.3, 0.4) is 0 Å². The Morgan fingerprint density at radius 1 is 1.14 bits per heavy atom. The summed E-state index contributed by atoms with van der Waals surface area (Å²) in [4.78, 5) is 26.2. The second-order valence-corrected chi connectivity index (χ2v) is 9.54. The topological polar surface area (TPSA) is 90.7 Å². The highest BCUT2D eigenvalue weighted by atomic mass is 32.1. The van der Waals surface area contributed by atoms with Crippen molar-refractivity contribution in [1.29, 1.82) is 0 Å². The van der Waals surface area contributed by atoms with Gasteiger partial charge < -0.3 is 20.5 Å². The van der Waals surface area contributed by atoms with Crippen molar-refractivity contribution in [3.63, 3.8) is 0 Å². The van der Waals surface area contributed by atoms with Gasteiger partial charge in [-0.1, -0.05) is 20.8 Å². The minimum Gasteiger partial charge on any atom is -0.497 e. The molecule has 2 amide bonds. The number of ether oxygens (including phenoxy) is 2. The normalized spacial score (nSPS) is 16.1. The van der Waals surface area contributed by atoms with Gasteiger partial charge in [-0.3, -0.25) is 9.59 Å². The van der Waals surface area contributed by atoms with E-state index in [0.717, 1.165) is 29.7 Å². The highest BCUT2D eigenvalue weighted by Gasteiger charge is 2.33. The number of primary amides is 1. The zero-order chi connectivity index (χ0) is 21.3. The number of anilines is 1. The number of methoxy groups -OCH3 is 2. The zero-order valence-corrected chi connectivity index (χ0v) is 18.4. The molecule has 0 bridgehead atoms. The number of rotatable bonds is 5. The van der Waals surface area contributed by atoms with Crippen LogP contribution in [0.5, 0.6) is 11.5 Å². The van der Waals surface area contributed by atoms with Crippen molar-refractivity contribution >= 4 is 28.2 Å². The van der Waals surface area contributed by atoms with E-state index >= 15 is 0 Å². The Labute approximate surface area is 175 Å². The average Bonchev–Trinajstić information content (AvgIpc) is 3.03. The maximum Gasteiger partial charge on any atom is 0.256 e. The van der Waals surface area contributed by atoms with Crippen LogP contribution in [0, 0.1) is 11.3 Å². The van der Waals surface area contributed by atoms with E-state index in [4.69, 9.17) is 15.2 Å². The minimum absolute atomic E-state index is 0.190. The molecule has 2 aromatic rings. The molecule has 0 saturated heterocycles. The Hall–Kier alpha value is -2.54. The third-order valence-electron chi connectivity index (χ3n) is 5.58. The molecule has 6 nitrogen and oxygen atoms in total. The third kappa shape index (κ3) is 4.40. The van der Waals surface area contributed by atoms with Gasteiger partial charge in [0.05, 0.1) is 19.8 Å².